The van der Waals surface area contributed by atoms with E-state index in [2.05, 4.69) is 41.9 Å². The summed E-state index contributed by atoms with van der Waals surface area (Å²) < 4.78 is 34.8. The van der Waals surface area contributed by atoms with Gasteiger partial charge in [-0.15, -0.1) is 0 Å². The van der Waals surface area contributed by atoms with Crippen molar-refractivity contribution in [3.63, 3.8) is 0 Å². The van der Waals surface area contributed by atoms with Crippen LogP contribution in [0.25, 0.3) is 0 Å². The van der Waals surface area contributed by atoms with E-state index >= 15 is 9.59 Å². The van der Waals surface area contributed by atoms with Gasteiger partial charge in [-0.3, -0.25) is 38.8 Å². The first-order chi connectivity index (χ1) is 47.7. The Kier molecular flexibility index (Phi) is 28.1. The zero-order valence-electron chi connectivity index (χ0n) is 54.4. The van der Waals surface area contributed by atoms with Crippen LogP contribution in [0.4, 0.5) is 0 Å². The number of esters is 1. The molecule has 0 bridgehead atoms. The second-order valence-corrected chi connectivity index (χ2v) is 25.4. The van der Waals surface area contributed by atoms with Crippen molar-refractivity contribution in [3.05, 3.63) is 65.7 Å². The average molecular weight is 1420 g/mol. The Morgan fingerprint density at radius 3 is 1.90 bits per heavy atom. The number of nitrogens with two attached hydrogens (primary N) is 3. The van der Waals surface area contributed by atoms with Crippen molar-refractivity contribution in [2.24, 2.45) is 33.1 Å². The summed E-state index contributed by atoms with van der Waals surface area (Å²) in [5.74, 6) is -7.79. The molecule has 2 aromatic carbocycles. The van der Waals surface area contributed by atoms with Crippen LogP contribution in [0.2, 0.25) is 0 Å². The van der Waals surface area contributed by atoms with Crippen LogP contribution in [-0.4, -0.2) is 318 Å². The van der Waals surface area contributed by atoms with Crippen molar-refractivity contribution in [1.29, 1.82) is 0 Å². The lowest BCUT2D eigenvalue weighted by Gasteiger charge is -2.46. The number of aliphatic hydroxyl groups is 13. The third-order valence-electron chi connectivity index (χ3n) is 18.6. The van der Waals surface area contributed by atoms with Crippen molar-refractivity contribution in [2.75, 3.05) is 46.1 Å². The largest absolute Gasteiger partial charge is 0.463 e. The molecule has 25 unspecified atom stereocenters. The third kappa shape index (κ3) is 19.0. The first kappa shape index (κ1) is 78.3. The fourth-order valence-electron chi connectivity index (χ4n) is 12.7. The van der Waals surface area contributed by atoms with Crippen LogP contribution in [-0.2, 0) is 63.7 Å². The van der Waals surface area contributed by atoms with Gasteiger partial charge in [-0.2, -0.15) is 0 Å². The van der Waals surface area contributed by atoms with Gasteiger partial charge < -0.3 is 154 Å². The van der Waals surface area contributed by atoms with Gasteiger partial charge in [0, 0.05) is 18.8 Å². The maximum Gasteiger partial charge on any atom is 0.305 e. The Hall–Kier alpha value is -7.45. The SMILES string of the molecule is CC(c1ccccc1)C(NC(=O)CN)C(=O)NC(Cc1ccc(OC2OC(COC(=O)CCC3CCCC3)C(OC3OC(CO)C(O)C(O)C3O)C(O)C2O)cc1)C(=O)NC(C(=O)NC(C(=O)NC(C=O)CO)C(O)C1CN=C(N)N1C1OC(CO)C(O)C(O)C1O)C(O)C1CN=C(N)N1. The van der Waals surface area contributed by atoms with Gasteiger partial charge in [0.2, 0.25) is 35.8 Å². The summed E-state index contributed by atoms with van der Waals surface area (Å²) in [5, 5.41) is 156. The van der Waals surface area contributed by atoms with Crippen molar-refractivity contribution in [3.8, 4) is 5.75 Å². The monoisotopic (exact) mass is 1420 g/mol. The molecule has 1 aliphatic carbocycles. The number of amides is 5. The van der Waals surface area contributed by atoms with Gasteiger partial charge in [-0.1, -0.05) is 75.1 Å². The van der Waals surface area contributed by atoms with E-state index in [1.54, 1.807) is 37.3 Å². The summed E-state index contributed by atoms with van der Waals surface area (Å²) in [4.78, 5) is 106. The number of aliphatic hydroxyl groups excluding tert-OH is 13. The molecule has 25 atom stereocenters. The van der Waals surface area contributed by atoms with E-state index in [1.807, 2.05) is 0 Å². The predicted molar refractivity (Wildman–Crippen MR) is 340 cm³/mol. The summed E-state index contributed by atoms with van der Waals surface area (Å²) in [6, 6.07) is 1.33. The zero-order valence-corrected chi connectivity index (χ0v) is 54.4. The number of ether oxygens (including phenoxy) is 6. The van der Waals surface area contributed by atoms with Gasteiger partial charge in [0.05, 0.1) is 51.5 Å². The molecule has 2 aromatic rings. The number of rotatable bonds is 32. The molecule has 1 saturated carbocycles. The van der Waals surface area contributed by atoms with E-state index < -0.39 is 240 Å². The molecule has 5 amide bonds. The smallest absolute Gasteiger partial charge is 0.305 e. The molecule has 8 rings (SSSR count). The standard InChI is InChI=1S/C62H92N12O26/c1-26(29-9-3-2-4-10-29)40(71-38(79)18-63)55(92)69-32(17-28-11-14-31(15-12-28)96-59-52(90)49(87)53(100-60-51(89)48(86)46(84)36(24-78)98-60)37(99-59)25-95-39(80)16-13-27-7-5-6-8-27)54(91)72-41(43(81)33-19-66-61(64)70-33)57(94)73-42(56(93)68-30(21-75)22-76)44(82)34-20-67-62(65)74(34)58-50(88)47(85)45(83)35(23-77)97-58/h2-4,9-12,14-15,21,26-27,30,32-37,40-53,58-60,76-78,81-90H,5-8,13,16-20,22-25,63H2,1H3,(H2,65,67)(H,68,93)(H,69,92)(H,71,79)(H,72,91)(H,73,94)(H3,64,66,70). The molecular formula is C62H92N12O26. The van der Waals surface area contributed by atoms with Gasteiger partial charge in [0.15, 0.2) is 24.4 Å². The van der Waals surface area contributed by atoms with Crippen molar-refractivity contribution in [2.45, 2.75) is 204 Å². The van der Waals surface area contributed by atoms with E-state index in [1.165, 1.54) is 24.3 Å². The second kappa shape index (κ2) is 35.9. The maximum absolute atomic E-state index is 15.2. The minimum atomic E-state index is -2.30. The highest BCUT2D eigenvalue weighted by atomic mass is 16.7. The van der Waals surface area contributed by atoms with Crippen molar-refractivity contribution in [1.82, 2.24) is 36.8 Å². The van der Waals surface area contributed by atoms with Crippen molar-refractivity contribution >= 4 is 53.7 Å². The highest BCUT2D eigenvalue weighted by molar-refractivity contribution is 5.97. The fraction of sp³-hybridized carbons (Fsp3) is 0.661. The third-order valence-corrected chi connectivity index (χ3v) is 18.6. The number of nitrogens with zero attached hydrogens (tertiary/aromatic N) is 3. The molecule has 38 heteroatoms. The summed E-state index contributed by atoms with van der Waals surface area (Å²) in [5.41, 5.74) is 18.6. The molecule has 4 fully saturated rings. The summed E-state index contributed by atoms with van der Waals surface area (Å²) in [6.45, 7) is -3.20. The number of nitrogens with one attached hydrogen (secondary N) is 6. The van der Waals surface area contributed by atoms with Crippen LogP contribution in [0, 0.1) is 5.92 Å². The number of hydrogen-bond acceptors (Lipinski definition) is 33. The molecular weight excluding hydrogens is 1330 g/mol. The Morgan fingerprint density at radius 1 is 0.680 bits per heavy atom. The number of carbonyl (C=O) groups is 7. The summed E-state index contributed by atoms with van der Waals surface area (Å²) in [6.07, 6.45) is -27.3. The van der Waals surface area contributed by atoms with Crippen LogP contribution in [0.15, 0.2) is 64.6 Å². The Bertz CT molecular complexity index is 3120. The van der Waals surface area contributed by atoms with Gasteiger partial charge >= 0.3 is 5.97 Å². The molecule has 3 saturated heterocycles. The molecule has 0 spiro atoms. The molecule has 6 aliphatic rings. The van der Waals surface area contributed by atoms with Crippen LogP contribution < -0.4 is 53.8 Å². The topological polar surface area (TPSA) is 616 Å². The zero-order chi connectivity index (χ0) is 72.8. The summed E-state index contributed by atoms with van der Waals surface area (Å²) in [7, 11) is 0. The maximum atomic E-state index is 15.2. The lowest BCUT2D eigenvalue weighted by atomic mass is 9.92. The lowest BCUT2D eigenvalue weighted by molar-refractivity contribution is -0.352. The number of hydrogen-bond donors (Lipinski definition) is 22. The first-order valence-corrected chi connectivity index (χ1v) is 32.7. The summed E-state index contributed by atoms with van der Waals surface area (Å²) >= 11 is 0. The second-order valence-electron chi connectivity index (χ2n) is 25.4. The van der Waals surface area contributed by atoms with Crippen LogP contribution in [0.5, 0.6) is 5.75 Å². The Labute approximate surface area is 572 Å². The Balaban J connectivity index is 1.08. The number of carbonyl (C=O) groups excluding carboxylic acids is 7. The minimum Gasteiger partial charge on any atom is -0.463 e. The lowest BCUT2D eigenvalue weighted by Crippen LogP contribution is -2.70. The molecule has 556 valence electrons. The van der Waals surface area contributed by atoms with E-state index in [0.29, 0.717) is 17.9 Å². The number of guanidine groups is 2. The molecule has 38 nitrogen and oxygen atoms in total. The van der Waals surface area contributed by atoms with E-state index in [0.717, 1.165) is 30.6 Å². The van der Waals surface area contributed by atoms with Gasteiger partial charge in [-0.05, 0) is 35.6 Å². The fourth-order valence-corrected chi connectivity index (χ4v) is 12.7. The van der Waals surface area contributed by atoms with Crippen LogP contribution in [0.3, 0.4) is 0 Å². The molecule has 0 radical (unpaired) electrons. The number of aliphatic imine (C=N–C) groups is 2. The molecule has 5 heterocycles. The van der Waals surface area contributed by atoms with Gasteiger partial charge in [0.1, 0.15) is 134 Å². The minimum absolute atomic E-state index is 0.0368. The van der Waals surface area contributed by atoms with Gasteiger partial charge in [0.25, 0.3) is 0 Å². The number of benzene rings is 2. The first-order valence-electron chi connectivity index (χ1n) is 32.7. The number of aldehydes is 1. The van der Waals surface area contributed by atoms with E-state index in [4.69, 9.17) is 45.6 Å². The molecule has 100 heavy (non-hydrogen) atoms. The van der Waals surface area contributed by atoms with E-state index in [-0.39, 0.29) is 36.5 Å². The average Bonchev–Trinajstić information content (AvgIpc) is 1.34. The normalized spacial score (nSPS) is 31.6. The van der Waals surface area contributed by atoms with E-state index in [9.17, 15) is 90.4 Å². The quantitative estimate of drug-likeness (QED) is 0.0239. The molecule has 25 N–H and O–H groups in total. The highest BCUT2D eigenvalue weighted by Crippen LogP contribution is 2.34. The highest BCUT2D eigenvalue weighted by Gasteiger charge is 2.54. The van der Waals surface area contributed by atoms with Gasteiger partial charge in [-0.25, -0.2) is 0 Å². The van der Waals surface area contributed by atoms with Crippen molar-refractivity contribution < 1.29 is 128 Å². The van der Waals surface area contributed by atoms with Crippen LogP contribution in [0.1, 0.15) is 62.5 Å². The molecule has 5 aliphatic heterocycles. The molecule has 0 aromatic heterocycles. The Morgan fingerprint density at radius 2 is 1.28 bits per heavy atom. The van der Waals surface area contributed by atoms with Crippen LogP contribution >= 0.6 is 0 Å². The predicted octanol–water partition coefficient (Wildman–Crippen LogP) is -11.1.